The number of aliphatic hydroxyl groups is 3. The van der Waals surface area contributed by atoms with E-state index in [1.54, 1.807) is 0 Å². The summed E-state index contributed by atoms with van der Waals surface area (Å²) in [6.45, 7) is -0.167. The highest BCUT2D eigenvalue weighted by Crippen LogP contribution is 2.05. The molecule has 1 aromatic rings. The summed E-state index contributed by atoms with van der Waals surface area (Å²) in [5.74, 6) is -0.452. The van der Waals surface area contributed by atoms with Crippen LogP contribution in [0.4, 0.5) is 0 Å². The molecule has 7 heteroatoms. The van der Waals surface area contributed by atoms with E-state index in [2.05, 4.69) is 10.6 Å². The fourth-order valence-electron chi connectivity index (χ4n) is 1.65. The molecule has 0 saturated carbocycles. The third-order valence-corrected chi connectivity index (χ3v) is 2.73. The second kappa shape index (κ2) is 8.62. The molecular weight excluding hydrogens is 262 g/mol. The highest BCUT2D eigenvalue weighted by Gasteiger charge is 2.19. The molecule has 112 valence electrons. The predicted octanol–water partition coefficient (Wildman–Crippen LogP) is -2.11. The fraction of sp³-hybridized carbons (Fsp3) is 0.462. The van der Waals surface area contributed by atoms with E-state index in [0.29, 0.717) is 6.42 Å². The molecule has 20 heavy (non-hydrogen) atoms. The Hall–Kier alpha value is -1.51. The number of benzene rings is 1. The number of nitrogens with one attached hydrogen (secondary N) is 2. The van der Waals surface area contributed by atoms with Crippen molar-refractivity contribution in [1.82, 2.24) is 10.6 Å². The Balaban J connectivity index is 2.48. The van der Waals surface area contributed by atoms with Crippen molar-refractivity contribution >= 4 is 5.91 Å². The van der Waals surface area contributed by atoms with Crippen molar-refractivity contribution in [2.24, 2.45) is 5.73 Å². The molecule has 0 radical (unpaired) electrons. The molecule has 0 spiro atoms. The molecule has 1 unspecified atom stereocenters. The van der Waals surface area contributed by atoms with Crippen LogP contribution in [-0.2, 0) is 11.2 Å². The van der Waals surface area contributed by atoms with E-state index in [9.17, 15) is 20.1 Å². The fourth-order valence-corrected chi connectivity index (χ4v) is 1.65. The monoisotopic (exact) mass is 283 g/mol. The lowest BCUT2D eigenvalue weighted by atomic mass is 10.1. The van der Waals surface area contributed by atoms with Gasteiger partial charge in [-0.25, -0.2) is 0 Å². The third kappa shape index (κ3) is 6.09. The number of hydrogen-bond acceptors (Lipinski definition) is 6. The number of rotatable bonds is 8. The van der Waals surface area contributed by atoms with Crippen LogP contribution in [0.15, 0.2) is 30.3 Å². The lowest BCUT2D eigenvalue weighted by Crippen LogP contribution is -2.49. The molecule has 1 rings (SSSR count). The number of aliphatic hydroxyl groups excluding tert-OH is 2. The predicted molar refractivity (Wildman–Crippen MR) is 73.4 cm³/mol. The second-order valence-electron chi connectivity index (χ2n) is 4.41. The number of nitrogens with two attached hydrogens (primary N) is 1. The van der Waals surface area contributed by atoms with Crippen molar-refractivity contribution in [3.8, 4) is 0 Å². The molecule has 0 aliphatic heterocycles. The first kappa shape index (κ1) is 16.5. The molecule has 0 heterocycles. The van der Waals surface area contributed by atoms with E-state index in [4.69, 9.17) is 5.73 Å². The Kier molecular flexibility index (Phi) is 7.13. The molecule has 0 saturated heterocycles. The minimum atomic E-state index is -1.67. The summed E-state index contributed by atoms with van der Waals surface area (Å²) in [7, 11) is 0. The molecule has 2 atom stereocenters. The number of hydrogen-bond donors (Lipinski definition) is 6. The molecule has 0 aromatic heterocycles. The normalized spacial score (nSPS) is 14.1. The van der Waals surface area contributed by atoms with Gasteiger partial charge in [-0.15, -0.1) is 0 Å². The van der Waals surface area contributed by atoms with Gasteiger partial charge >= 0.3 is 0 Å². The van der Waals surface area contributed by atoms with Gasteiger partial charge in [0.05, 0.1) is 12.6 Å². The van der Waals surface area contributed by atoms with Gasteiger partial charge in [0.1, 0.15) is 6.23 Å². The molecule has 0 fully saturated rings. The maximum atomic E-state index is 11.6. The maximum absolute atomic E-state index is 11.6. The van der Waals surface area contributed by atoms with E-state index in [0.717, 1.165) is 5.56 Å². The Morgan fingerprint density at radius 2 is 1.85 bits per heavy atom. The Bertz CT molecular complexity index is 400. The first-order valence-electron chi connectivity index (χ1n) is 6.34. The van der Waals surface area contributed by atoms with E-state index in [-0.39, 0.29) is 13.1 Å². The van der Waals surface area contributed by atoms with Crippen LogP contribution >= 0.6 is 0 Å². The Labute approximate surface area is 117 Å². The van der Waals surface area contributed by atoms with Crippen LogP contribution in [0, 0.1) is 0 Å². The maximum Gasteiger partial charge on any atom is 0.234 e. The minimum absolute atomic E-state index is 0.0106. The Morgan fingerprint density at radius 1 is 1.20 bits per heavy atom. The van der Waals surface area contributed by atoms with Crippen LogP contribution in [0.1, 0.15) is 5.56 Å². The van der Waals surface area contributed by atoms with Crippen molar-refractivity contribution in [2.75, 3.05) is 13.1 Å². The van der Waals surface area contributed by atoms with E-state index >= 15 is 0 Å². The smallest absolute Gasteiger partial charge is 0.234 e. The SMILES string of the molecule is NCC(O)NCC(=O)N[C@@H](Cc1ccccc1)C(O)O. The van der Waals surface area contributed by atoms with Gasteiger partial charge < -0.3 is 26.4 Å². The van der Waals surface area contributed by atoms with Gasteiger partial charge in [-0.2, -0.15) is 0 Å². The van der Waals surface area contributed by atoms with Crippen LogP contribution in [0.25, 0.3) is 0 Å². The van der Waals surface area contributed by atoms with Crippen molar-refractivity contribution in [3.05, 3.63) is 35.9 Å². The zero-order chi connectivity index (χ0) is 15.0. The van der Waals surface area contributed by atoms with Crippen LogP contribution in [0.3, 0.4) is 0 Å². The van der Waals surface area contributed by atoms with Gasteiger partial charge in [-0.1, -0.05) is 30.3 Å². The van der Waals surface area contributed by atoms with E-state index < -0.39 is 24.5 Å². The standard InChI is InChI=1S/C13H21N3O4/c14-7-11(17)15-8-12(18)16-10(13(19)20)6-9-4-2-1-3-5-9/h1-5,10-11,13,15,17,19-20H,6-8,14H2,(H,16,18)/t10-,11?/m0/s1. The number of carbonyl (C=O) groups excluding carboxylic acids is 1. The van der Waals surface area contributed by atoms with Crippen molar-refractivity contribution in [3.63, 3.8) is 0 Å². The van der Waals surface area contributed by atoms with Crippen LogP contribution in [-0.4, -0.2) is 52.9 Å². The summed E-state index contributed by atoms with van der Waals surface area (Å²) >= 11 is 0. The molecule has 0 aliphatic rings. The van der Waals surface area contributed by atoms with Crippen molar-refractivity contribution < 1.29 is 20.1 Å². The molecule has 0 bridgehead atoms. The first-order chi connectivity index (χ1) is 9.52. The quantitative estimate of drug-likeness (QED) is 0.303. The summed E-state index contributed by atoms with van der Waals surface area (Å²) in [6.07, 6.45) is -2.34. The van der Waals surface area contributed by atoms with Crippen LogP contribution in [0.5, 0.6) is 0 Å². The average Bonchev–Trinajstić information content (AvgIpc) is 2.45. The van der Waals surface area contributed by atoms with Crippen molar-refractivity contribution in [2.45, 2.75) is 25.0 Å². The first-order valence-corrected chi connectivity index (χ1v) is 6.34. The van der Waals surface area contributed by atoms with Gasteiger partial charge in [0.25, 0.3) is 0 Å². The second-order valence-corrected chi connectivity index (χ2v) is 4.41. The lowest BCUT2D eigenvalue weighted by molar-refractivity contribution is -0.126. The highest BCUT2D eigenvalue weighted by molar-refractivity contribution is 5.78. The van der Waals surface area contributed by atoms with Gasteiger partial charge in [0.15, 0.2) is 6.29 Å². The molecule has 7 nitrogen and oxygen atoms in total. The summed E-state index contributed by atoms with van der Waals surface area (Å²) in [4.78, 5) is 11.6. The zero-order valence-corrected chi connectivity index (χ0v) is 11.1. The van der Waals surface area contributed by atoms with Crippen LogP contribution in [0.2, 0.25) is 0 Å². The minimum Gasteiger partial charge on any atom is -0.377 e. The van der Waals surface area contributed by atoms with E-state index in [1.807, 2.05) is 30.3 Å². The van der Waals surface area contributed by atoms with Crippen molar-refractivity contribution in [1.29, 1.82) is 0 Å². The Morgan fingerprint density at radius 3 is 2.40 bits per heavy atom. The summed E-state index contributed by atoms with van der Waals surface area (Å²) in [5.41, 5.74) is 6.06. The van der Waals surface area contributed by atoms with Gasteiger partial charge in [-0.05, 0) is 12.0 Å². The molecular formula is C13H21N3O4. The summed E-state index contributed by atoms with van der Waals surface area (Å²) < 4.78 is 0. The molecule has 0 aliphatic carbocycles. The third-order valence-electron chi connectivity index (χ3n) is 2.73. The van der Waals surface area contributed by atoms with Gasteiger partial charge in [-0.3, -0.25) is 10.1 Å². The topological polar surface area (TPSA) is 128 Å². The average molecular weight is 283 g/mol. The van der Waals surface area contributed by atoms with E-state index in [1.165, 1.54) is 0 Å². The number of carbonyl (C=O) groups is 1. The molecule has 1 amide bonds. The largest absolute Gasteiger partial charge is 0.377 e. The molecule has 1 aromatic carbocycles. The summed E-state index contributed by atoms with van der Waals surface area (Å²) in [5, 5.41) is 32.8. The van der Waals surface area contributed by atoms with Crippen LogP contribution < -0.4 is 16.4 Å². The van der Waals surface area contributed by atoms with Gasteiger partial charge in [0.2, 0.25) is 5.91 Å². The molecule has 7 N–H and O–H groups in total. The van der Waals surface area contributed by atoms with Gasteiger partial charge in [0, 0.05) is 6.54 Å². The zero-order valence-electron chi connectivity index (χ0n) is 11.1. The summed E-state index contributed by atoms with van der Waals surface area (Å²) in [6, 6.07) is 8.36. The number of amides is 1. The lowest BCUT2D eigenvalue weighted by Gasteiger charge is -2.21. The highest BCUT2D eigenvalue weighted by atomic mass is 16.5.